The molecule has 0 radical (unpaired) electrons. The summed E-state index contributed by atoms with van der Waals surface area (Å²) in [5.41, 5.74) is 1.44. The molecule has 0 spiro atoms. The molecule has 0 saturated heterocycles. The Bertz CT molecular complexity index is 1190. The van der Waals surface area contributed by atoms with Gasteiger partial charge < -0.3 is 34.1 Å². The molecule has 0 aliphatic carbocycles. The Labute approximate surface area is 221 Å². The molecule has 3 aromatic rings. The van der Waals surface area contributed by atoms with Crippen LogP contribution in [0, 0.1) is 5.82 Å². The van der Waals surface area contributed by atoms with E-state index in [1.165, 1.54) is 32.4 Å². The van der Waals surface area contributed by atoms with Crippen molar-refractivity contribution in [2.75, 3.05) is 41.0 Å². The highest BCUT2D eigenvalue weighted by molar-refractivity contribution is 6.21. The van der Waals surface area contributed by atoms with Gasteiger partial charge in [0.05, 0.1) is 26.3 Å². The van der Waals surface area contributed by atoms with Crippen LogP contribution in [0.15, 0.2) is 72.8 Å². The second-order valence-electron chi connectivity index (χ2n) is 8.19. The molecule has 0 fully saturated rings. The first-order valence-electron chi connectivity index (χ1n) is 11.9. The molecule has 2 N–H and O–H groups in total. The predicted octanol–water partition coefficient (Wildman–Crippen LogP) is 3.93. The van der Waals surface area contributed by atoms with Gasteiger partial charge in [0.2, 0.25) is 6.29 Å². The predicted molar refractivity (Wildman–Crippen MR) is 142 cm³/mol. The van der Waals surface area contributed by atoms with Gasteiger partial charge in [-0.25, -0.2) is 9.18 Å². The third kappa shape index (κ3) is 8.58. The second-order valence-corrected chi connectivity index (χ2v) is 8.19. The number of hydrogen-bond donors (Lipinski definition) is 2. The number of ether oxygens (including phenoxy) is 5. The molecule has 0 saturated carbocycles. The van der Waals surface area contributed by atoms with Gasteiger partial charge in [-0.3, -0.25) is 0 Å². The maximum atomic E-state index is 13.7. The van der Waals surface area contributed by atoms with Crippen LogP contribution < -0.4 is 19.5 Å². The summed E-state index contributed by atoms with van der Waals surface area (Å²) in [4.78, 5) is 12.4. The normalized spacial score (nSPS) is 12.9. The van der Waals surface area contributed by atoms with Gasteiger partial charge in [-0.15, -0.1) is 0 Å². The fourth-order valence-electron chi connectivity index (χ4n) is 3.48. The molecular formula is C29H32FNO7. The Kier molecular flexibility index (Phi) is 11.1. The minimum atomic E-state index is -0.775. The van der Waals surface area contributed by atoms with E-state index in [1.54, 1.807) is 37.5 Å². The topological polar surface area (TPSA) is 95.5 Å². The fourth-order valence-corrected chi connectivity index (χ4v) is 3.48. The number of nitrogens with one attached hydrogen (secondary N) is 1. The monoisotopic (exact) mass is 525 g/mol. The molecule has 0 aliphatic heterocycles. The largest absolute Gasteiger partial charge is 0.494 e. The Hall–Kier alpha value is -3.92. The first kappa shape index (κ1) is 28.6. The molecule has 8 nitrogen and oxygen atoms in total. The van der Waals surface area contributed by atoms with Gasteiger partial charge in [-0.2, -0.15) is 0 Å². The molecule has 3 aromatic carbocycles. The summed E-state index contributed by atoms with van der Waals surface area (Å²) in [5.74, 6) is 0.233. The fraction of sp³-hybridized carbons (Fsp3) is 0.276. The maximum Gasteiger partial charge on any atom is 0.338 e. The van der Waals surface area contributed by atoms with E-state index in [-0.39, 0.29) is 24.5 Å². The van der Waals surface area contributed by atoms with Crippen molar-refractivity contribution in [3.63, 3.8) is 0 Å². The number of para-hydroxylation sites is 1. The number of esters is 1. The van der Waals surface area contributed by atoms with Crippen molar-refractivity contribution < 1.29 is 38.0 Å². The number of aliphatic hydroxyl groups excluding tert-OH is 1. The Morgan fingerprint density at radius 3 is 2.37 bits per heavy atom. The van der Waals surface area contributed by atoms with Crippen molar-refractivity contribution in [3.05, 3.63) is 89.7 Å². The number of carbonyl (C=O) groups is 1. The van der Waals surface area contributed by atoms with Gasteiger partial charge in [0.25, 0.3) is 0 Å². The molecule has 38 heavy (non-hydrogen) atoms. The molecule has 9 heteroatoms. The van der Waals surface area contributed by atoms with Crippen LogP contribution in [0.5, 0.6) is 17.2 Å². The molecule has 0 amide bonds. The van der Waals surface area contributed by atoms with E-state index in [2.05, 4.69) is 5.32 Å². The van der Waals surface area contributed by atoms with E-state index in [0.717, 1.165) is 0 Å². The molecule has 0 aromatic heterocycles. The molecule has 0 bridgehead atoms. The summed E-state index contributed by atoms with van der Waals surface area (Å²) in [6, 6.07) is 20.4. The van der Waals surface area contributed by atoms with Crippen LogP contribution in [-0.2, 0) is 14.3 Å². The van der Waals surface area contributed by atoms with E-state index >= 15 is 0 Å². The lowest BCUT2D eigenvalue weighted by Gasteiger charge is -2.19. The van der Waals surface area contributed by atoms with Crippen molar-refractivity contribution in [2.45, 2.75) is 12.4 Å². The molecule has 0 aliphatic rings. The smallest absolute Gasteiger partial charge is 0.338 e. The van der Waals surface area contributed by atoms with Crippen LogP contribution in [0.1, 0.15) is 11.1 Å². The minimum absolute atomic E-state index is 0.0542. The zero-order valence-corrected chi connectivity index (χ0v) is 21.6. The number of methoxy groups -OCH3 is 3. The quantitative estimate of drug-likeness (QED) is 0.142. The van der Waals surface area contributed by atoms with Crippen LogP contribution in [0.25, 0.3) is 11.6 Å². The number of rotatable bonds is 14. The highest BCUT2D eigenvalue weighted by Gasteiger charge is 2.15. The first-order valence-corrected chi connectivity index (χ1v) is 11.9. The third-order valence-corrected chi connectivity index (χ3v) is 5.46. The highest BCUT2D eigenvalue weighted by Crippen LogP contribution is 2.25. The van der Waals surface area contributed by atoms with Gasteiger partial charge in [0, 0.05) is 13.7 Å². The lowest BCUT2D eigenvalue weighted by atomic mass is 10.0. The number of hydrogen-bond acceptors (Lipinski definition) is 8. The molecule has 0 heterocycles. The molecular weight excluding hydrogens is 493 g/mol. The summed E-state index contributed by atoms with van der Waals surface area (Å²) in [7, 11) is 4.21. The van der Waals surface area contributed by atoms with E-state index in [9.17, 15) is 14.3 Å². The zero-order valence-electron chi connectivity index (χ0n) is 21.6. The SMILES string of the molecule is COC(=O)C(=Cc1ccc(F)c(OC)c1)c1ccc(OCC(O)CNCC(OC)Oc2ccccc2)cc1. The molecule has 2 unspecified atom stereocenters. The molecule has 202 valence electrons. The Balaban J connectivity index is 1.54. The third-order valence-electron chi connectivity index (χ3n) is 5.46. The average molecular weight is 526 g/mol. The van der Waals surface area contributed by atoms with Crippen molar-refractivity contribution in [1.29, 1.82) is 0 Å². The molecule has 2 atom stereocenters. The minimum Gasteiger partial charge on any atom is -0.494 e. The van der Waals surface area contributed by atoms with Crippen LogP contribution in [0.3, 0.4) is 0 Å². The van der Waals surface area contributed by atoms with E-state index in [0.29, 0.717) is 29.2 Å². The lowest BCUT2D eigenvalue weighted by Crippen LogP contribution is -2.38. The van der Waals surface area contributed by atoms with Crippen LogP contribution in [-0.4, -0.2) is 64.5 Å². The van der Waals surface area contributed by atoms with Crippen LogP contribution >= 0.6 is 0 Å². The van der Waals surface area contributed by atoms with E-state index in [4.69, 9.17) is 23.7 Å². The van der Waals surface area contributed by atoms with Gasteiger partial charge >= 0.3 is 5.97 Å². The first-order chi connectivity index (χ1) is 18.4. The summed E-state index contributed by atoms with van der Waals surface area (Å²) in [5, 5.41) is 13.4. The summed E-state index contributed by atoms with van der Waals surface area (Å²) < 4.78 is 40.4. The number of aliphatic hydroxyl groups is 1. The Morgan fingerprint density at radius 1 is 0.974 bits per heavy atom. The van der Waals surface area contributed by atoms with E-state index < -0.39 is 24.2 Å². The number of benzene rings is 3. The zero-order chi connectivity index (χ0) is 27.3. The summed E-state index contributed by atoms with van der Waals surface area (Å²) in [6.45, 7) is 0.699. The van der Waals surface area contributed by atoms with Crippen molar-refractivity contribution in [1.82, 2.24) is 5.32 Å². The van der Waals surface area contributed by atoms with Crippen molar-refractivity contribution in [3.8, 4) is 17.2 Å². The number of carbonyl (C=O) groups excluding carboxylic acids is 1. The summed E-state index contributed by atoms with van der Waals surface area (Å²) in [6.07, 6.45) is 0.308. The van der Waals surface area contributed by atoms with Crippen LogP contribution in [0.2, 0.25) is 0 Å². The van der Waals surface area contributed by atoms with Gasteiger partial charge in [-0.1, -0.05) is 36.4 Å². The standard InChI is InChI=1S/C29H32FNO7/c1-34-27-16-20(9-14-26(27)30)15-25(29(33)36-3)21-10-12-23(13-11-21)37-19-22(32)17-31-18-28(35-2)38-24-7-5-4-6-8-24/h4-16,22,28,31-32H,17-19H2,1-3H3. The number of halogens is 1. The maximum absolute atomic E-state index is 13.7. The van der Waals surface area contributed by atoms with Crippen molar-refractivity contribution >= 4 is 17.6 Å². The van der Waals surface area contributed by atoms with Crippen LogP contribution in [0.4, 0.5) is 4.39 Å². The van der Waals surface area contributed by atoms with Gasteiger partial charge in [-0.05, 0) is 53.6 Å². The summed E-state index contributed by atoms with van der Waals surface area (Å²) >= 11 is 0. The van der Waals surface area contributed by atoms with Gasteiger partial charge in [0.1, 0.15) is 24.2 Å². The highest BCUT2D eigenvalue weighted by atomic mass is 19.1. The van der Waals surface area contributed by atoms with Crippen molar-refractivity contribution in [2.24, 2.45) is 0 Å². The average Bonchev–Trinajstić information content (AvgIpc) is 2.95. The van der Waals surface area contributed by atoms with E-state index in [1.807, 2.05) is 30.3 Å². The van der Waals surface area contributed by atoms with Gasteiger partial charge in [0.15, 0.2) is 11.6 Å². The lowest BCUT2D eigenvalue weighted by molar-refractivity contribution is -0.133. The molecule has 3 rings (SSSR count). The Morgan fingerprint density at radius 2 is 1.71 bits per heavy atom. The second kappa shape index (κ2) is 14.7.